The lowest BCUT2D eigenvalue weighted by atomic mass is 10.4. The van der Waals surface area contributed by atoms with E-state index in [0.717, 1.165) is 17.8 Å². The second-order valence-corrected chi connectivity index (χ2v) is 3.94. The molecule has 0 bridgehead atoms. The third-order valence-electron chi connectivity index (χ3n) is 1.82. The molecule has 0 fully saturated rings. The molecule has 2 heterocycles. The van der Waals surface area contributed by atoms with Gasteiger partial charge in [-0.3, -0.25) is 4.98 Å². The fourth-order valence-electron chi connectivity index (χ4n) is 1.13. The maximum absolute atomic E-state index is 5.09. The van der Waals surface area contributed by atoms with Gasteiger partial charge in [0.2, 0.25) is 11.7 Å². The molecule has 0 atom stereocenters. The standard InChI is InChI=1S/C9H12N4OS/c1-2-3-10-5-8-12-9(13-14-8)7-4-11-6-15-7/h4,6,10H,2-3,5H2,1H3. The van der Waals surface area contributed by atoms with E-state index in [1.807, 2.05) is 0 Å². The maximum Gasteiger partial charge on any atom is 0.240 e. The normalized spacial score (nSPS) is 10.7. The van der Waals surface area contributed by atoms with Crippen LogP contribution < -0.4 is 5.32 Å². The van der Waals surface area contributed by atoms with Gasteiger partial charge < -0.3 is 9.84 Å². The number of hydrogen-bond donors (Lipinski definition) is 1. The number of nitrogens with zero attached hydrogens (tertiary/aromatic N) is 3. The molecule has 2 aromatic heterocycles. The van der Waals surface area contributed by atoms with Crippen LogP contribution in [0.25, 0.3) is 10.7 Å². The minimum Gasteiger partial charge on any atom is -0.338 e. The minimum absolute atomic E-state index is 0.616. The van der Waals surface area contributed by atoms with Crippen molar-refractivity contribution in [1.29, 1.82) is 0 Å². The zero-order valence-electron chi connectivity index (χ0n) is 8.43. The summed E-state index contributed by atoms with van der Waals surface area (Å²) in [5.74, 6) is 1.23. The summed E-state index contributed by atoms with van der Waals surface area (Å²) >= 11 is 1.50. The number of aromatic nitrogens is 3. The van der Waals surface area contributed by atoms with Gasteiger partial charge in [-0.2, -0.15) is 4.98 Å². The molecule has 2 rings (SSSR count). The molecule has 15 heavy (non-hydrogen) atoms. The van der Waals surface area contributed by atoms with Crippen LogP contribution in [0.15, 0.2) is 16.2 Å². The zero-order chi connectivity index (χ0) is 10.5. The lowest BCUT2D eigenvalue weighted by molar-refractivity contribution is 0.368. The van der Waals surface area contributed by atoms with Crippen LogP contribution in [0.4, 0.5) is 0 Å². The summed E-state index contributed by atoms with van der Waals surface area (Å²) in [6, 6.07) is 0. The lowest BCUT2D eigenvalue weighted by Crippen LogP contribution is -2.13. The molecular formula is C9H12N4OS. The molecule has 6 heteroatoms. The van der Waals surface area contributed by atoms with Crippen LogP contribution in [-0.2, 0) is 6.54 Å². The molecular weight excluding hydrogens is 212 g/mol. The van der Waals surface area contributed by atoms with Gasteiger partial charge in [-0.25, -0.2) is 0 Å². The summed E-state index contributed by atoms with van der Waals surface area (Å²) in [5.41, 5.74) is 1.75. The molecule has 0 unspecified atom stereocenters. The Morgan fingerprint density at radius 2 is 2.47 bits per heavy atom. The Kier molecular flexibility index (Phi) is 3.41. The summed E-state index contributed by atoms with van der Waals surface area (Å²) in [4.78, 5) is 9.15. The van der Waals surface area contributed by atoms with Crippen molar-refractivity contribution in [3.63, 3.8) is 0 Å². The van der Waals surface area contributed by atoms with Gasteiger partial charge in [-0.1, -0.05) is 12.1 Å². The number of thiazole rings is 1. The fraction of sp³-hybridized carbons (Fsp3) is 0.444. The molecule has 1 N–H and O–H groups in total. The van der Waals surface area contributed by atoms with Crippen molar-refractivity contribution in [2.75, 3.05) is 6.54 Å². The van der Waals surface area contributed by atoms with Gasteiger partial charge in [-0.05, 0) is 13.0 Å². The first-order valence-corrected chi connectivity index (χ1v) is 5.70. The van der Waals surface area contributed by atoms with E-state index in [1.165, 1.54) is 11.3 Å². The third kappa shape index (κ3) is 2.60. The first kappa shape index (κ1) is 10.3. The minimum atomic E-state index is 0.616. The predicted molar refractivity (Wildman–Crippen MR) is 57.4 cm³/mol. The molecule has 0 radical (unpaired) electrons. The second-order valence-electron chi connectivity index (χ2n) is 3.05. The van der Waals surface area contributed by atoms with E-state index >= 15 is 0 Å². The van der Waals surface area contributed by atoms with Crippen molar-refractivity contribution in [2.45, 2.75) is 19.9 Å². The summed E-state index contributed by atoms with van der Waals surface area (Å²) in [7, 11) is 0. The Morgan fingerprint density at radius 3 is 3.20 bits per heavy atom. The van der Waals surface area contributed by atoms with Gasteiger partial charge >= 0.3 is 0 Å². The highest BCUT2D eigenvalue weighted by Gasteiger charge is 2.08. The molecule has 0 amide bonds. The quantitative estimate of drug-likeness (QED) is 0.783. The number of hydrogen-bond acceptors (Lipinski definition) is 6. The van der Waals surface area contributed by atoms with E-state index in [2.05, 4.69) is 27.4 Å². The van der Waals surface area contributed by atoms with Gasteiger partial charge in [0.05, 0.1) is 16.9 Å². The monoisotopic (exact) mass is 224 g/mol. The first-order chi connectivity index (χ1) is 7.40. The van der Waals surface area contributed by atoms with Crippen LogP contribution >= 0.6 is 11.3 Å². The van der Waals surface area contributed by atoms with Crippen LogP contribution in [0, 0.1) is 0 Å². The van der Waals surface area contributed by atoms with Crippen molar-refractivity contribution in [1.82, 2.24) is 20.4 Å². The van der Waals surface area contributed by atoms with Crippen LogP contribution in [0.1, 0.15) is 19.2 Å². The van der Waals surface area contributed by atoms with Gasteiger partial charge in [0, 0.05) is 6.20 Å². The fourth-order valence-corrected chi connectivity index (χ4v) is 1.67. The van der Waals surface area contributed by atoms with Gasteiger partial charge in [-0.15, -0.1) is 11.3 Å². The molecule has 0 aliphatic heterocycles. The molecule has 0 spiro atoms. The van der Waals surface area contributed by atoms with Crippen LogP contribution in [0.3, 0.4) is 0 Å². The summed E-state index contributed by atoms with van der Waals surface area (Å²) in [6.45, 7) is 3.70. The summed E-state index contributed by atoms with van der Waals surface area (Å²) in [5, 5.41) is 7.08. The Morgan fingerprint density at radius 1 is 1.53 bits per heavy atom. The Labute approximate surface area is 91.5 Å². The van der Waals surface area contributed by atoms with E-state index in [-0.39, 0.29) is 0 Å². The SMILES string of the molecule is CCCNCc1nc(-c2cncs2)no1. The van der Waals surface area contributed by atoms with E-state index in [0.29, 0.717) is 18.3 Å². The summed E-state index contributed by atoms with van der Waals surface area (Å²) in [6.07, 6.45) is 2.83. The van der Waals surface area contributed by atoms with Crippen LogP contribution in [-0.4, -0.2) is 21.7 Å². The lowest BCUT2D eigenvalue weighted by Gasteiger charge is -1.95. The third-order valence-corrected chi connectivity index (χ3v) is 2.59. The summed E-state index contributed by atoms with van der Waals surface area (Å²) < 4.78 is 5.09. The van der Waals surface area contributed by atoms with Crippen LogP contribution in [0.5, 0.6) is 0 Å². The van der Waals surface area contributed by atoms with Crippen molar-refractivity contribution in [3.05, 3.63) is 17.6 Å². The molecule has 0 saturated carbocycles. The van der Waals surface area contributed by atoms with Crippen molar-refractivity contribution < 1.29 is 4.52 Å². The largest absolute Gasteiger partial charge is 0.338 e. The average Bonchev–Trinajstić information content (AvgIpc) is 2.87. The highest BCUT2D eigenvalue weighted by molar-refractivity contribution is 7.13. The van der Waals surface area contributed by atoms with Gasteiger partial charge in [0.25, 0.3) is 0 Å². The molecule has 0 aliphatic rings. The van der Waals surface area contributed by atoms with Gasteiger partial charge in [0.1, 0.15) is 0 Å². The Bertz CT molecular complexity index is 398. The van der Waals surface area contributed by atoms with Crippen molar-refractivity contribution in [2.24, 2.45) is 0 Å². The smallest absolute Gasteiger partial charge is 0.240 e. The van der Waals surface area contributed by atoms with Crippen molar-refractivity contribution >= 4 is 11.3 Å². The van der Waals surface area contributed by atoms with Gasteiger partial charge in [0.15, 0.2) is 0 Å². The topological polar surface area (TPSA) is 63.8 Å². The van der Waals surface area contributed by atoms with E-state index in [9.17, 15) is 0 Å². The maximum atomic E-state index is 5.09. The average molecular weight is 224 g/mol. The molecule has 80 valence electrons. The Hall–Kier alpha value is -1.27. The van der Waals surface area contributed by atoms with Crippen LogP contribution in [0.2, 0.25) is 0 Å². The molecule has 0 aliphatic carbocycles. The molecule has 5 nitrogen and oxygen atoms in total. The predicted octanol–water partition coefficient (Wildman–Crippen LogP) is 1.69. The van der Waals surface area contributed by atoms with E-state index in [4.69, 9.17) is 4.52 Å². The molecule has 0 saturated heterocycles. The Balaban J connectivity index is 1.98. The van der Waals surface area contributed by atoms with E-state index in [1.54, 1.807) is 11.7 Å². The molecule has 0 aromatic carbocycles. The number of nitrogens with one attached hydrogen (secondary N) is 1. The number of rotatable bonds is 5. The van der Waals surface area contributed by atoms with Crippen molar-refractivity contribution in [3.8, 4) is 10.7 Å². The molecule has 2 aromatic rings. The highest BCUT2D eigenvalue weighted by Crippen LogP contribution is 2.19. The van der Waals surface area contributed by atoms with E-state index < -0.39 is 0 Å². The highest BCUT2D eigenvalue weighted by atomic mass is 32.1. The second kappa shape index (κ2) is 4.99. The first-order valence-electron chi connectivity index (χ1n) is 4.82. The zero-order valence-corrected chi connectivity index (χ0v) is 9.25.